The van der Waals surface area contributed by atoms with Gasteiger partial charge in [0.25, 0.3) is 0 Å². The number of hydrogen-bond acceptors (Lipinski definition) is 3. The summed E-state index contributed by atoms with van der Waals surface area (Å²) in [6.07, 6.45) is 4.68. The minimum atomic E-state index is -0.634. The average molecular weight is 257 g/mol. The summed E-state index contributed by atoms with van der Waals surface area (Å²) in [5.74, 6) is -0.0555. The second-order valence-electron chi connectivity index (χ2n) is 5.64. The van der Waals surface area contributed by atoms with E-state index in [1.54, 1.807) is 0 Å². The van der Waals surface area contributed by atoms with Crippen LogP contribution in [0, 0.1) is 11.8 Å². The van der Waals surface area contributed by atoms with E-state index in [2.05, 4.69) is 19.2 Å². The molecule has 4 heteroatoms. The van der Waals surface area contributed by atoms with Gasteiger partial charge in [-0.1, -0.05) is 13.8 Å². The summed E-state index contributed by atoms with van der Waals surface area (Å²) < 4.78 is 5.54. The average Bonchev–Trinajstić information content (AvgIpc) is 2.34. The minimum Gasteiger partial charge on any atom is -0.481 e. The first-order valence-electron chi connectivity index (χ1n) is 7.13. The van der Waals surface area contributed by atoms with Crippen LogP contribution in [-0.4, -0.2) is 36.9 Å². The topological polar surface area (TPSA) is 58.6 Å². The third kappa shape index (κ3) is 6.36. The van der Waals surface area contributed by atoms with Gasteiger partial charge in [-0.15, -0.1) is 0 Å². The van der Waals surface area contributed by atoms with Gasteiger partial charge < -0.3 is 15.2 Å². The summed E-state index contributed by atoms with van der Waals surface area (Å²) in [5, 5.41) is 12.4. The molecule has 1 aliphatic rings. The molecule has 0 spiro atoms. The smallest absolute Gasteiger partial charge is 0.306 e. The molecule has 0 radical (unpaired) electrons. The predicted molar refractivity (Wildman–Crippen MR) is 71.7 cm³/mol. The van der Waals surface area contributed by atoms with Crippen LogP contribution in [0.3, 0.4) is 0 Å². The molecule has 4 nitrogen and oxygen atoms in total. The van der Waals surface area contributed by atoms with Gasteiger partial charge in [-0.25, -0.2) is 0 Å². The van der Waals surface area contributed by atoms with E-state index in [0.717, 1.165) is 51.9 Å². The molecule has 18 heavy (non-hydrogen) atoms. The molecule has 0 aromatic rings. The van der Waals surface area contributed by atoms with Crippen LogP contribution in [0.1, 0.15) is 46.0 Å². The Kier molecular flexibility index (Phi) is 7.28. The standard InChI is InChI=1S/C14H27NO3/c1-11(2)7-9-18-10-8-15-13-5-3-12(4-6-13)14(16)17/h11-13,15H,3-10H2,1-2H3,(H,16,17). The summed E-state index contributed by atoms with van der Waals surface area (Å²) >= 11 is 0. The van der Waals surface area contributed by atoms with Gasteiger partial charge in [0.2, 0.25) is 0 Å². The van der Waals surface area contributed by atoms with Crippen LogP contribution in [0.25, 0.3) is 0 Å². The molecular formula is C14H27NO3. The lowest BCUT2D eigenvalue weighted by Gasteiger charge is -2.26. The third-order valence-corrected chi connectivity index (χ3v) is 3.60. The highest BCUT2D eigenvalue weighted by Crippen LogP contribution is 2.24. The quantitative estimate of drug-likeness (QED) is 0.655. The first kappa shape index (κ1) is 15.4. The molecule has 0 atom stereocenters. The fraction of sp³-hybridized carbons (Fsp3) is 0.929. The van der Waals surface area contributed by atoms with Gasteiger partial charge in [-0.3, -0.25) is 4.79 Å². The lowest BCUT2D eigenvalue weighted by atomic mass is 9.86. The van der Waals surface area contributed by atoms with Crippen molar-refractivity contribution in [2.75, 3.05) is 19.8 Å². The zero-order chi connectivity index (χ0) is 13.4. The van der Waals surface area contributed by atoms with Gasteiger partial charge in [0.05, 0.1) is 12.5 Å². The summed E-state index contributed by atoms with van der Waals surface area (Å²) in [6.45, 7) is 6.86. The minimum absolute atomic E-state index is 0.120. The molecule has 0 aromatic heterocycles. The lowest BCUT2D eigenvalue weighted by molar-refractivity contribution is -0.142. The van der Waals surface area contributed by atoms with Gasteiger partial charge in [0.1, 0.15) is 0 Å². The fourth-order valence-corrected chi connectivity index (χ4v) is 2.30. The highest BCUT2D eigenvalue weighted by molar-refractivity contribution is 5.70. The zero-order valence-corrected chi connectivity index (χ0v) is 11.7. The van der Waals surface area contributed by atoms with Crippen molar-refractivity contribution in [1.29, 1.82) is 0 Å². The molecule has 106 valence electrons. The van der Waals surface area contributed by atoms with Gasteiger partial charge in [-0.05, 0) is 38.0 Å². The zero-order valence-electron chi connectivity index (χ0n) is 11.7. The fourth-order valence-electron chi connectivity index (χ4n) is 2.30. The van der Waals surface area contributed by atoms with E-state index >= 15 is 0 Å². The van der Waals surface area contributed by atoms with Gasteiger partial charge in [-0.2, -0.15) is 0 Å². The maximum atomic E-state index is 10.8. The Morgan fingerprint density at radius 2 is 1.94 bits per heavy atom. The molecule has 0 aromatic carbocycles. The van der Waals surface area contributed by atoms with Crippen LogP contribution in [0.5, 0.6) is 0 Å². The molecule has 1 aliphatic carbocycles. The molecule has 0 amide bonds. The molecule has 0 unspecified atom stereocenters. The maximum Gasteiger partial charge on any atom is 0.306 e. The van der Waals surface area contributed by atoms with E-state index in [-0.39, 0.29) is 5.92 Å². The van der Waals surface area contributed by atoms with Crippen molar-refractivity contribution >= 4 is 5.97 Å². The SMILES string of the molecule is CC(C)CCOCCNC1CCC(C(=O)O)CC1. The van der Waals surface area contributed by atoms with Gasteiger partial charge in [0, 0.05) is 19.2 Å². The van der Waals surface area contributed by atoms with Crippen molar-refractivity contribution in [3.63, 3.8) is 0 Å². The van der Waals surface area contributed by atoms with E-state index in [1.165, 1.54) is 0 Å². The Balaban J connectivity index is 1.96. The van der Waals surface area contributed by atoms with Crippen LogP contribution in [0.2, 0.25) is 0 Å². The molecule has 1 saturated carbocycles. The number of ether oxygens (including phenoxy) is 1. The predicted octanol–water partition coefficient (Wildman–Crippen LogP) is 2.28. The van der Waals surface area contributed by atoms with Crippen LogP contribution >= 0.6 is 0 Å². The Morgan fingerprint density at radius 3 is 2.50 bits per heavy atom. The second-order valence-corrected chi connectivity index (χ2v) is 5.64. The lowest BCUT2D eigenvalue weighted by Crippen LogP contribution is -2.36. The van der Waals surface area contributed by atoms with Crippen molar-refractivity contribution in [2.45, 2.75) is 52.0 Å². The molecule has 0 bridgehead atoms. The van der Waals surface area contributed by atoms with Gasteiger partial charge >= 0.3 is 5.97 Å². The van der Waals surface area contributed by atoms with E-state index in [4.69, 9.17) is 9.84 Å². The molecule has 0 heterocycles. The number of carbonyl (C=O) groups is 1. The third-order valence-electron chi connectivity index (χ3n) is 3.60. The number of aliphatic carboxylic acids is 1. The highest BCUT2D eigenvalue weighted by atomic mass is 16.5. The summed E-state index contributed by atoms with van der Waals surface area (Å²) in [6, 6.07) is 0.481. The number of carboxylic acid groups (broad SMARTS) is 1. The summed E-state index contributed by atoms with van der Waals surface area (Å²) in [4.78, 5) is 10.8. The summed E-state index contributed by atoms with van der Waals surface area (Å²) in [5.41, 5.74) is 0. The van der Waals surface area contributed by atoms with E-state index in [9.17, 15) is 4.79 Å². The Hall–Kier alpha value is -0.610. The monoisotopic (exact) mass is 257 g/mol. The van der Waals surface area contributed by atoms with Gasteiger partial charge in [0.15, 0.2) is 0 Å². The van der Waals surface area contributed by atoms with Crippen LogP contribution < -0.4 is 5.32 Å². The number of hydrogen-bond donors (Lipinski definition) is 2. The Bertz CT molecular complexity index is 235. The molecule has 0 saturated heterocycles. The number of carboxylic acids is 1. The van der Waals surface area contributed by atoms with Crippen molar-refractivity contribution in [3.8, 4) is 0 Å². The highest BCUT2D eigenvalue weighted by Gasteiger charge is 2.25. The molecule has 2 N–H and O–H groups in total. The Morgan fingerprint density at radius 1 is 1.28 bits per heavy atom. The van der Waals surface area contributed by atoms with Crippen LogP contribution in [0.4, 0.5) is 0 Å². The van der Waals surface area contributed by atoms with Crippen molar-refractivity contribution in [1.82, 2.24) is 5.32 Å². The normalized spacial score (nSPS) is 24.4. The van der Waals surface area contributed by atoms with Crippen molar-refractivity contribution < 1.29 is 14.6 Å². The first-order valence-corrected chi connectivity index (χ1v) is 7.13. The maximum absolute atomic E-state index is 10.8. The van der Waals surface area contributed by atoms with Crippen LogP contribution in [-0.2, 0) is 9.53 Å². The summed E-state index contributed by atoms with van der Waals surface area (Å²) in [7, 11) is 0. The van der Waals surface area contributed by atoms with Crippen molar-refractivity contribution in [2.24, 2.45) is 11.8 Å². The molecule has 1 rings (SSSR count). The molecular weight excluding hydrogens is 230 g/mol. The van der Waals surface area contributed by atoms with E-state index in [1.807, 2.05) is 0 Å². The molecule has 1 fully saturated rings. The number of nitrogens with one attached hydrogen (secondary N) is 1. The second kappa shape index (κ2) is 8.48. The number of rotatable bonds is 8. The largest absolute Gasteiger partial charge is 0.481 e. The molecule has 0 aliphatic heterocycles. The Labute approximate surface area is 110 Å². The first-order chi connectivity index (χ1) is 8.59. The van der Waals surface area contributed by atoms with E-state index < -0.39 is 5.97 Å². The van der Waals surface area contributed by atoms with Crippen LogP contribution in [0.15, 0.2) is 0 Å². The van der Waals surface area contributed by atoms with Crippen molar-refractivity contribution in [3.05, 3.63) is 0 Å². The van der Waals surface area contributed by atoms with E-state index in [0.29, 0.717) is 12.0 Å².